The lowest BCUT2D eigenvalue weighted by atomic mass is 9.93. The van der Waals surface area contributed by atoms with Crippen LogP contribution in [0.1, 0.15) is 35.8 Å². The van der Waals surface area contributed by atoms with Crippen LogP contribution in [0.5, 0.6) is 0 Å². The van der Waals surface area contributed by atoms with E-state index in [-0.39, 0.29) is 5.91 Å². The molecule has 8 heteroatoms. The third kappa shape index (κ3) is 2.44. The normalized spacial score (nSPS) is 14.7. The number of carbonyl (C=O) groups is 1. The average molecular weight is 331 g/mol. The summed E-state index contributed by atoms with van der Waals surface area (Å²) in [6, 6.07) is 4.06. The molecule has 0 unspecified atom stereocenters. The lowest BCUT2D eigenvalue weighted by Gasteiger charge is -2.26. The van der Waals surface area contributed by atoms with E-state index in [1.165, 1.54) is 18.0 Å². The first-order valence-corrected chi connectivity index (χ1v) is 8.74. The van der Waals surface area contributed by atoms with Gasteiger partial charge in [0.15, 0.2) is 5.82 Å². The number of carbonyl (C=O) groups excluding carboxylic acids is 1. The number of rotatable bonds is 4. The van der Waals surface area contributed by atoms with Gasteiger partial charge < -0.3 is 0 Å². The van der Waals surface area contributed by atoms with Crippen molar-refractivity contribution in [1.82, 2.24) is 19.1 Å². The van der Waals surface area contributed by atoms with Crippen molar-refractivity contribution in [2.24, 2.45) is 0 Å². The number of nitrogens with zero attached hydrogens (tertiary/aromatic N) is 4. The molecular weight excluding hydrogens is 318 g/mol. The van der Waals surface area contributed by atoms with Gasteiger partial charge >= 0.3 is 0 Å². The zero-order chi connectivity index (χ0) is 14.9. The van der Waals surface area contributed by atoms with Crippen molar-refractivity contribution in [3.8, 4) is 11.4 Å². The minimum absolute atomic E-state index is 0.183. The molecule has 0 aliphatic heterocycles. The maximum Gasteiger partial charge on any atom is 0.275 e. The minimum atomic E-state index is -0.183. The number of nitrogens with one attached hydrogen (secondary N) is 1. The summed E-state index contributed by atoms with van der Waals surface area (Å²) in [5, 5.41) is 11.6. The number of amides is 1. The van der Waals surface area contributed by atoms with Crippen molar-refractivity contribution in [2.75, 3.05) is 5.32 Å². The first-order chi connectivity index (χ1) is 10.8. The fourth-order valence-corrected chi connectivity index (χ4v) is 3.58. The van der Waals surface area contributed by atoms with Crippen molar-refractivity contribution in [2.45, 2.75) is 25.3 Å². The highest BCUT2D eigenvalue weighted by atomic mass is 32.1. The monoisotopic (exact) mass is 331 g/mol. The summed E-state index contributed by atoms with van der Waals surface area (Å²) in [6.45, 7) is 0. The highest BCUT2D eigenvalue weighted by Crippen LogP contribution is 2.32. The number of hydrogen-bond acceptors (Lipinski definition) is 6. The molecule has 1 amide bonds. The predicted octanol–water partition coefficient (Wildman–Crippen LogP) is 3.44. The molecule has 0 bridgehead atoms. The highest BCUT2D eigenvalue weighted by molar-refractivity contribution is 7.10. The molecule has 22 heavy (non-hydrogen) atoms. The average Bonchev–Trinajstić information content (AvgIpc) is 3.17. The Balaban J connectivity index is 1.51. The third-order valence-electron chi connectivity index (χ3n) is 3.75. The van der Waals surface area contributed by atoms with Crippen LogP contribution in [0.3, 0.4) is 0 Å². The Morgan fingerprint density at radius 3 is 3.00 bits per heavy atom. The molecule has 0 spiro atoms. The van der Waals surface area contributed by atoms with Gasteiger partial charge in [-0.25, -0.2) is 0 Å². The van der Waals surface area contributed by atoms with Crippen molar-refractivity contribution < 1.29 is 4.79 Å². The second kappa shape index (κ2) is 5.62. The summed E-state index contributed by atoms with van der Waals surface area (Å²) in [5.41, 5.74) is 1.55. The summed E-state index contributed by atoms with van der Waals surface area (Å²) >= 11 is 2.78. The van der Waals surface area contributed by atoms with Crippen LogP contribution in [-0.2, 0) is 0 Å². The fourth-order valence-electron chi connectivity index (χ4n) is 2.36. The zero-order valence-corrected chi connectivity index (χ0v) is 13.2. The molecule has 1 saturated carbocycles. The Kier molecular flexibility index (Phi) is 3.47. The smallest absolute Gasteiger partial charge is 0.275 e. The summed E-state index contributed by atoms with van der Waals surface area (Å²) in [4.78, 5) is 16.8. The van der Waals surface area contributed by atoms with E-state index in [0.717, 1.165) is 18.4 Å². The van der Waals surface area contributed by atoms with Crippen LogP contribution >= 0.6 is 22.9 Å². The topological polar surface area (TPSA) is 72.7 Å². The van der Waals surface area contributed by atoms with Crippen LogP contribution in [0.2, 0.25) is 0 Å². The Morgan fingerprint density at radius 2 is 2.27 bits per heavy atom. The van der Waals surface area contributed by atoms with Gasteiger partial charge in [-0.1, -0.05) is 0 Å². The molecule has 1 aliphatic carbocycles. The largest absolute Gasteiger partial charge is 0.295 e. The molecule has 0 saturated heterocycles. The van der Waals surface area contributed by atoms with E-state index in [1.807, 2.05) is 21.5 Å². The lowest BCUT2D eigenvalue weighted by Crippen LogP contribution is -2.24. The molecule has 0 atom stereocenters. The van der Waals surface area contributed by atoms with Gasteiger partial charge in [0.25, 0.3) is 5.91 Å². The molecule has 1 fully saturated rings. The molecule has 1 aliphatic rings. The maximum absolute atomic E-state index is 12.4. The van der Waals surface area contributed by atoms with Gasteiger partial charge in [0, 0.05) is 28.7 Å². The standard InChI is InChI=1S/C14H13N5OS2/c20-13(11-4-6-15-19(11)10-2-1-3-10)17-14-16-12(18-22-14)9-5-7-21-8-9/h4-8,10H,1-3H2,(H,16,17,18,20). The van der Waals surface area contributed by atoms with Crippen LogP contribution in [0.4, 0.5) is 5.13 Å². The van der Waals surface area contributed by atoms with Crippen molar-refractivity contribution >= 4 is 33.9 Å². The third-order valence-corrected chi connectivity index (χ3v) is 5.06. The van der Waals surface area contributed by atoms with Crippen LogP contribution in [0.15, 0.2) is 29.1 Å². The van der Waals surface area contributed by atoms with Crippen LogP contribution in [0, 0.1) is 0 Å². The molecule has 4 rings (SSSR count). The Bertz CT molecular complexity index is 788. The quantitative estimate of drug-likeness (QED) is 0.795. The van der Waals surface area contributed by atoms with Crippen LogP contribution in [0.25, 0.3) is 11.4 Å². The summed E-state index contributed by atoms with van der Waals surface area (Å²) in [6.07, 6.45) is 5.04. The van der Waals surface area contributed by atoms with Crippen LogP contribution < -0.4 is 5.32 Å². The SMILES string of the molecule is O=C(Nc1nc(-c2ccsc2)ns1)c1ccnn1C1CCC1. The second-order valence-electron chi connectivity index (χ2n) is 5.14. The van der Waals surface area contributed by atoms with Gasteiger partial charge in [-0.2, -0.15) is 25.8 Å². The zero-order valence-electron chi connectivity index (χ0n) is 11.6. The Morgan fingerprint density at radius 1 is 1.36 bits per heavy atom. The number of aromatic nitrogens is 4. The minimum Gasteiger partial charge on any atom is -0.295 e. The predicted molar refractivity (Wildman–Crippen MR) is 86.3 cm³/mol. The van der Waals surface area contributed by atoms with E-state index in [0.29, 0.717) is 22.7 Å². The van der Waals surface area contributed by atoms with Crippen LogP contribution in [-0.4, -0.2) is 25.0 Å². The second-order valence-corrected chi connectivity index (χ2v) is 6.67. The summed E-state index contributed by atoms with van der Waals surface area (Å²) < 4.78 is 6.10. The maximum atomic E-state index is 12.4. The van der Waals surface area contributed by atoms with Gasteiger partial charge in [-0.3, -0.25) is 14.8 Å². The first kappa shape index (κ1) is 13.6. The van der Waals surface area contributed by atoms with E-state index < -0.39 is 0 Å². The highest BCUT2D eigenvalue weighted by Gasteiger charge is 2.25. The fraction of sp³-hybridized carbons (Fsp3) is 0.286. The number of hydrogen-bond donors (Lipinski definition) is 1. The Labute approximate surface area is 135 Å². The van der Waals surface area contributed by atoms with Crippen molar-refractivity contribution in [3.05, 3.63) is 34.8 Å². The van der Waals surface area contributed by atoms with Crippen molar-refractivity contribution in [1.29, 1.82) is 0 Å². The Hall–Kier alpha value is -2.06. The van der Waals surface area contributed by atoms with E-state index in [4.69, 9.17) is 0 Å². The molecule has 112 valence electrons. The molecule has 0 radical (unpaired) electrons. The number of thiophene rings is 1. The molecule has 3 aromatic rings. The molecule has 3 aromatic heterocycles. The first-order valence-electron chi connectivity index (χ1n) is 7.02. The molecule has 6 nitrogen and oxygen atoms in total. The van der Waals surface area contributed by atoms with Gasteiger partial charge in [0.2, 0.25) is 5.13 Å². The van der Waals surface area contributed by atoms with Gasteiger partial charge in [0.05, 0.1) is 6.04 Å². The van der Waals surface area contributed by atoms with Gasteiger partial charge in [-0.05, 0) is 36.8 Å². The lowest BCUT2D eigenvalue weighted by molar-refractivity contribution is 0.100. The van der Waals surface area contributed by atoms with E-state index in [2.05, 4.69) is 19.8 Å². The van der Waals surface area contributed by atoms with E-state index in [1.54, 1.807) is 23.6 Å². The van der Waals surface area contributed by atoms with Gasteiger partial charge in [0.1, 0.15) is 5.69 Å². The summed E-state index contributed by atoms with van der Waals surface area (Å²) in [5.74, 6) is 0.464. The molecule has 1 N–H and O–H groups in total. The van der Waals surface area contributed by atoms with Gasteiger partial charge in [-0.15, -0.1) is 0 Å². The number of anilines is 1. The molecular formula is C14H13N5OS2. The summed E-state index contributed by atoms with van der Waals surface area (Å²) in [7, 11) is 0. The molecule has 3 heterocycles. The van der Waals surface area contributed by atoms with E-state index >= 15 is 0 Å². The van der Waals surface area contributed by atoms with Crippen molar-refractivity contribution in [3.63, 3.8) is 0 Å². The molecule has 0 aromatic carbocycles. The van der Waals surface area contributed by atoms with E-state index in [9.17, 15) is 4.79 Å².